The number of hydrogen-bond donors (Lipinski definition) is 1. The van der Waals surface area contributed by atoms with E-state index in [1.165, 1.54) is 12.1 Å². The predicted octanol–water partition coefficient (Wildman–Crippen LogP) is 4.81. The maximum absolute atomic E-state index is 12.9. The fraction of sp³-hybridized carbons (Fsp3) is 0.105. The van der Waals surface area contributed by atoms with Crippen LogP contribution < -0.4 is 5.32 Å². The summed E-state index contributed by atoms with van der Waals surface area (Å²) in [7, 11) is 1.82. The number of aryl methyl sites for hydroxylation is 1. The molecule has 1 N–H and O–H groups in total. The molecule has 0 aliphatic carbocycles. The molecule has 1 heterocycles. The Bertz CT molecular complexity index is 1030. The Morgan fingerprint density at radius 3 is 2.50 bits per heavy atom. The fourth-order valence-corrected chi connectivity index (χ4v) is 2.69. The molecule has 0 atom stereocenters. The van der Waals surface area contributed by atoms with Crippen molar-refractivity contribution >= 4 is 29.3 Å². The Hall–Kier alpha value is -3.13. The molecule has 144 valence electrons. The summed E-state index contributed by atoms with van der Waals surface area (Å²) in [6.07, 6.45) is -0.542. The number of carbonyl (C=O) groups excluding carboxylic acids is 1. The number of nitrogens with zero attached hydrogens (tertiary/aromatic N) is 3. The summed E-state index contributed by atoms with van der Waals surface area (Å²) in [5, 5.41) is 10.0. The van der Waals surface area contributed by atoms with Crippen LogP contribution in [0.5, 0.6) is 0 Å². The molecule has 0 aliphatic heterocycles. The van der Waals surface area contributed by atoms with Crippen LogP contribution in [0.3, 0.4) is 0 Å². The van der Waals surface area contributed by atoms with Crippen LogP contribution in [-0.2, 0) is 18.0 Å². The first-order chi connectivity index (χ1) is 13.2. The monoisotopic (exact) mass is 406 g/mol. The van der Waals surface area contributed by atoms with Crippen molar-refractivity contribution in [2.45, 2.75) is 6.18 Å². The van der Waals surface area contributed by atoms with E-state index in [0.717, 1.165) is 23.8 Å². The first-order valence-corrected chi connectivity index (χ1v) is 8.42. The summed E-state index contributed by atoms with van der Waals surface area (Å²) >= 11 is 5.58. The van der Waals surface area contributed by atoms with Crippen LogP contribution in [0.4, 0.5) is 18.9 Å². The summed E-state index contributed by atoms with van der Waals surface area (Å²) in [6, 6.07) is 10.4. The zero-order valence-corrected chi connectivity index (χ0v) is 15.3. The minimum absolute atomic E-state index is 0.213. The van der Waals surface area contributed by atoms with Gasteiger partial charge in [0.25, 0.3) is 0 Å². The molecule has 28 heavy (non-hydrogen) atoms. The molecule has 0 saturated carbocycles. The molecule has 0 saturated heterocycles. The van der Waals surface area contributed by atoms with Crippen molar-refractivity contribution in [3.63, 3.8) is 0 Å². The van der Waals surface area contributed by atoms with E-state index in [0.29, 0.717) is 11.5 Å². The lowest BCUT2D eigenvalue weighted by molar-refractivity contribution is -0.137. The molecule has 0 spiro atoms. The molecule has 0 aliphatic rings. The van der Waals surface area contributed by atoms with Gasteiger partial charge in [-0.3, -0.25) is 4.79 Å². The summed E-state index contributed by atoms with van der Waals surface area (Å²) in [5.74, 6) is 0.205. The largest absolute Gasteiger partial charge is 0.417 e. The maximum Gasteiger partial charge on any atom is 0.417 e. The van der Waals surface area contributed by atoms with Gasteiger partial charge in [0.05, 0.1) is 10.6 Å². The van der Waals surface area contributed by atoms with Gasteiger partial charge in [0.1, 0.15) is 6.33 Å². The van der Waals surface area contributed by atoms with Crippen molar-refractivity contribution in [3.8, 4) is 11.4 Å². The number of amides is 1. The van der Waals surface area contributed by atoms with Gasteiger partial charge < -0.3 is 9.88 Å². The standard InChI is InChI=1S/C19H14ClF3N4O/c1-27-11-24-26-18(27)13-4-6-14(7-5-13)25-17(28)9-3-12-2-8-16(20)15(10-12)19(21,22)23/h2-11H,1H3,(H,25,28). The van der Waals surface area contributed by atoms with Gasteiger partial charge in [0, 0.05) is 24.4 Å². The molecular weight excluding hydrogens is 393 g/mol. The second kappa shape index (κ2) is 7.85. The van der Waals surface area contributed by atoms with Gasteiger partial charge in [-0.05, 0) is 48.0 Å². The first-order valence-electron chi connectivity index (χ1n) is 8.04. The van der Waals surface area contributed by atoms with E-state index < -0.39 is 22.7 Å². The molecule has 1 aromatic heterocycles. The molecule has 3 aromatic rings. The lowest BCUT2D eigenvalue weighted by atomic mass is 10.1. The summed E-state index contributed by atoms with van der Waals surface area (Å²) < 4.78 is 40.4. The highest BCUT2D eigenvalue weighted by atomic mass is 35.5. The van der Waals surface area contributed by atoms with E-state index in [1.807, 2.05) is 7.05 Å². The number of aromatic nitrogens is 3. The molecule has 0 radical (unpaired) electrons. The van der Waals surface area contributed by atoms with Gasteiger partial charge in [-0.1, -0.05) is 17.7 Å². The van der Waals surface area contributed by atoms with Crippen LogP contribution in [0, 0.1) is 0 Å². The summed E-state index contributed by atoms with van der Waals surface area (Å²) in [4.78, 5) is 12.0. The molecule has 3 rings (SSSR count). The van der Waals surface area contributed by atoms with E-state index in [-0.39, 0.29) is 5.56 Å². The molecular formula is C19H14ClF3N4O. The van der Waals surface area contributed by atoms with Crippen molar-refractivity contribution in [2.75, 3.05) is 5.32 Å². The SMILES string of the molecule is Cn1cnnc1-c1ccc(NC(=O)C=Cc2ccc(Cl)c(C(F)(F)F)c2)cc1. The van der Waals surface area contributed by atoms with Gasteiger partial charge in [0.2, 0.25) is 5.91 Å². The lowest BCUT2D eigenvalue weighted by Gasteiger charge is -2.09. The molecule has 1 amide bonds. The van der Waals surface area contributed by atoms with Crippen molar-refractivity contribution in [3.05, 3.63) is 71.0 Å². The van der Waals surface area contributed by atoms with Crippen LogP contribution in [-0.4, -0.2) is 20.7 Å². The molecule has 0 bridgehead atoms. The number of rotatable bonds is 4. The van der Waals surface area contributed by atoms with Crippen LogP contribution in [0.2, 0.25) is 5.02 Å². The molecule has 9 heteroatoms. The number of benzene rings is 2. The molecule has 5 nitrogen and oxygen atoms in total. The third kappa shape index (κ3) is 4.58. The van der Waals surface area contributed by atoms with E-state index in [4.69, 9.17) is 11.6 Å². The minimum atomic E-state index is -4.56. The summed E-state index contributed by atoms with van der Waals surface area (Å²) in [5.41, 5.74) is 0.627. The third-order valence-electron chi connectivity index (χ3n) is 3.85. The smallest absolute Gasteiger partial charge is 0.323 e. The average molecular weight is 407 g/mol. The van der Waals surface area contributed by atoms with E-state index in [2.05, 4.69) is 15.5 Å². The Morgan fingerprint density at radius 2 is 1.89 bits per heavy atom. The Kier molecular flexibility index (Phi) is 5.51. The van der Waals surface area contributed by atoms with E-state index in [1.54, 1.807) is 35.2 Å². The highest BCUT2D eigenvalue weighted by molar-refractivity contribution is 6.31. The topological polar surface area (TPSA) is 59.8 Å². The van der Waals surface area contributed by atoms with Gasteiger partial charge in [0.15, 0.2) is 5.82 Å². The quantitative estimate of drug-likeness (QED) is 0.633. The number of alkyl halides is 3. The minimum Gasteiger partial charge on any atom is -0.323 e. The molecule has 2 aromatic carbocycles. The Balaban J connectivity index is 1.68. The number of halogens is 4. The number of nitrogens with one attached hydrogen (secondary N) is 1. The van der Waals surface area contributed by atoms with Crippen molar-refractivity contribution in [2.24, 2.45) is 7.05 Å². The van der Waals surface area contributed by atoms with Crippen LogP contribution in [0.25, 0.3) is 17.5 Å². The Labute approximate surface area is 163 Å². The second-order valence-electron chi connectivity index (χ2n) is 5.90. The highest BCUT2D eigenvalue weighted by Gasteiger charge is 2.33. The zero-order valence-electron chi connectivity index (χ0n) is 14.5. The van der Waals surface area contributed by atoms with Crippen LogP contribution in [0.1, 0.15) is 11.1 Å². The van der Waals surface area contributed by atoms with Crippen LogP contribution >= 0.6 is 11.6 Å². The van der Waals surface area contributed by atoms with Gasteiger partial charge in [-0.15, -0.1) is 10.2 Å². The number of carbonyl (C=O) groups is 1. The molecule has 0 fully saturated rings. The maximum atomic E-state index is 12.9. The van der Waals surface area contributed by atoms with Gasteiger partial charge in [-0.25, -0.2) is 0 Å². The number of anilines is 1. The van der Waals surface area contributed by atoms with Gasteiger partial charge in [-0.2, -0.15) is 13.2 Å². The van der Waals surface area contributed by atoms with Crippen molar-refractivity contribution in [1.82, 2.24) is 14.8 Å². The van der Waals surface area contributed by atoms with Crippen molar-refractivity contribution < 1.29 is 18.0 Å². The van der Waals surface area contributed by atoms with E-state index in [9.17, 15) is 18.0 Å². The number of hydrogen-bond acceptors (Lipinski definition) is 3. The average Bonchev–Trinajstić information content (AvgIpc) is 3.07. The van der Waals surface area contributed by atoms with Crippen molar-refractivity contribution in [1.29, 1.82) is 0 Å². The fourth-order valence-electron chi connectivity index (χ4n) is 2.47. The van der Waals surface area contributed by atoms with E-state index >= 15 is 0 Å². The summed E-state index contributed by atoms with van der Waals surface area (Å²) in [6.45, 7) is 0. The van der Waals surface area contributed by atoms with Crippen LogP contribution in [0.15, 0.2) is 54.9 Å². The highest BCUT2D eigenvalue weighted by Crippen LogP contribution is 2.35. The third-order valence-corrected chi connectivity index (χ3v) is 4.17. The molecule has 0 unspecified atom stereocenters. The van der Waals surface area contributed by atoms with Gasteiger partial charge >= 0.3 is 6.18 Å². The lowest BCUT2D eigenvalue weighted by Crippen LogP contribution is -2.08. The Morgan fingerprint density at radius 1 is 1.18 bits per heavy atom. The zero-order chi connectivity index (χ0) is 20.3. The first kappa shape index (κ1) is 19.6. The normalized spacial score (nSPS) is 11.8. The second-order valence-corrected chi connectivity index (χ2v) is 6.31. The predicted molar refractivity (Wildman–Crippen MR) is 101 cm³/mol.